The maximum atomic E-state index is 6.00. The Labute approximate surface area is 114 Å². The van der Waals surface area contributed by atoms with Gasteiger partial charge in [0.05, 0.1) is 0 Å². The Morgan fingerprint density at radius 2 is 2.06 bits per heavy atom. The molecule has 4 nitrogen and oxygen atoms in total. The Bertz CT molecular complexity index is 360. The summed E-state index contributed by atoms with van der Waals surface area (Å²) < 4.78 is 5.31. The fourth-order valence-electron chi connectivity index (χ4n) is 1.62. The molecule has 0 aliphatic heterocycles. The van der Waals surface area contributed by atoms with E-state index in [-0.39, 0.29) is 0 Å². The average molecular weight is 272 g/mol. The summed E-state index contributed by atoms with van der Waals surface area (Å²) in [4.78, 5) is 10.7. The van der Waals surface area contributed by atoms with Crippen LogP contribution in [0.3, 0.4) is 0 Å². The normalized spacial score (nSPS) is 10.7. The van der Waals surface area contributed by atoms with Gasteiger partial charge in [-0.25, -0.2) is 9.97 Å². The number of unbranched alkanes of at least 4 members (excludes halogenated alkanes) is 2. The van der Waals surface area contributed by atoms with Crippen molar-refractivity contribution in [2.45, 2.75) is 39.7 Å². The van der Waals surface area contributed by atoms with Crippen LogP contribution >= 0.6 is 11.6 Å². The van der Waals surface area contributed by atoms with Crippen molar-refractivity contribution in [2.24, 2.45) is 0 Å². The predicted octanol–water partition coefficient (Wildman–Crippen LogP) is 3.29. The molecule has 1 rings (SSSR count). The highest BCUT2D eigenvalue weighted by Gasteiger charge is 2.07. The van der Waals surface area contributed by atoms with E-state index in [0.717, 1.165) is 18.8 Å². The minimum Gasteiger partial charge on any atom is -0.374 e. The maximum Gasteiger partial charge on any atom is 0.158 e. The number of rotatable bonds is 8. The molecule has 18 heavy (non-hydrogen) atoms. The first-order valence-electron chi connectivity index (χ1n) is 6.49. The van der Waals surface area contributed by atoms with Gasteiger partial charge in [0.25, 0.3) is 0 Å². The average Bonchev–Trinajstić information content (AvgIpc) is 2.36. The Kier molecular flexibility index (Phi) is 6.98. The zero-order valence-corrected chi connectivity index (χ0v) is 12.2. The zero-order chi connectivity index (χ0) is 13.4. The molecule has 5 heteroatoms. The highest BCUT2D eigenvalue weighted by molar-refractivity contribution is 6.29. The molecule has 1 aromatic rings. The van der Waals surface area contributed by atoms with Gasteiger partial charge in [-0.05, 0) is 13.3 Å². The van der Waals surface area contributed by atoms with E-state index in [9.17, 15) is 0 Å². The summed E-state index contributed by atoms with van der Waals surface area (Å²) in [7, 11) is 2.03. The predicted molar refractivity (Wildman–Crippen MR) is 75.2 cm³/mol. The lowest BCUT2D eigenvalue weighted by molar-refractivity contribution is 0.128. The number of hydrogen-bond donors (Lipinski definition) is 0. The topological polar surface area (TPSA) is 38.2 Å². The number of hydrogen-bond acceptors (Lipinski definition) is 4. The summed E-state index contributed by atoms with van der Waals surface area (Å²) in [5.74, 6) is 1.50. The van der Waals surface area contributed by atoms with Crippen LogP contribution in [-0.2, 0) is 11.3 Å². The minimum absolute atomic E-state index is 0.410. The summed E-state index contributed by atoms with van der Waals surface area (Å²) >= 11 is 6.00. The Hall–Kier alpha value is -0.870. The Balaban J connectivity index is 2.65. The van der Waals surface area contributed by atoms with E-state index < -0.39 is 0 Å². The van der Waals surface area contributed by atoms with Crippen LogP contribution in [-0.4, -0.2) is 30.2 Å². The molecule has 0 radical (unpaired) electrons. The fraction of sp³-hybridized carbons (Fsp3) is 0.692. The third-order valence-corrected chi connectivity index (χ3v) is 2.84. The fourth-order valence-corrected chi connectivity index (χ4v) is 1.81. The molecule has 0 atom stereocenters. The van der Waals surface area contributed by atoms with Gasteiger partial charge in [0.2, 0.25) is 0 Å². The van der Waals surface area contributed by atoms with Crippen LogP contribution in [0.5, 0.6) is 0 Å². The number of aromatic nitrogens is 2. The van der Waals surface area contributed by atoms with Crippen molar-refractivity contribution in [3.63, 3.8) is 0 Å². The van der Waals surface area contributed by atoms with Gasteiger partial charge in [0.1, 0.15) is 17.6 Å². The Morgan fingerprint density at radius 1 is 1.28 bits per heavy atom. The molecule has 0 N–H and O–H groups in total. The smallest absolute Gasteiger partial charge is 0.158 e. The van der Waals surface area contributed by atoms with Crippen molar-refractivity contribution < 1.29 is 4.74 Å². The van der Waals surface area contributed by atoms with E-state index in [0.29, 0.717) is 24.2 Å². The van der Waals surface area contributed by atoms with Gasteiger partial charge in [0, 0.05) is 26.3 Å². The van der Waals surface area contributed by atoms with Crippen LogP contribution in [0.25, 0.3) is 0 Å². The molecule has 0 aromatic carbocycles. The SMILES string of the molecule is CCCCCN(C)c1cc(Cl)nc(COCC)n1. The first-order chi connectivity index (χ1) is 8.67. The van der Waals surface area contributed by atoms with E-state index in [1.54, 1.807) is 6.07 Å². The highest BCUT2D eigenvalue weighted by atomic mass is 35.5. The third-order valence-electron chi connectivity index (χ3n) is 2.65. The largest absolute Gasteiger partial charge is 0.374 e. The molecule has 0 amide bonds. The number of halogens is 1. The van der Waals surface area contributed by atoms with E-state index in [2.05, 4.69) is 21.8 Å². The second-order valence-corrected chi connectivity index (χ2v) is 4.62. The second kappa shape index (κ2) is 8.27. The van der Waals surface area contributed by atoms with E-state index in [4.69, 9.17) is 16.3 Å². The third kappa shape index (κ3) is 5.19. The second-order valence-electron chi connectivity index (χ2n) is 4.23. The summed E-state index contributed by atoms with van der Waals surface area (Å²) in [6.07, 6.45) is 3.61. The lowest BCUT2D eigenvalue weighted by atomic mass is 10.2. The van der Waals surface area contributed by atoms with E-state index in [1.165, 1.54) is 12.8 Å². The zero-order valence-electron chi connectivity index (χ0n) is 11.4. The number of anilines is 1. The molecule has 0 saturated heterocycles. The van der Waals surface area contributed by atoms with Gasteiger partial charge in [-0.15, -0.1) is 0 Å². The lowest BCUT2D eigenvalue weighted by Crippen LogP contribution is -2.20. The summed E-state index contributed by atoms with van der Waals surface area (Å²) in [5, 5.41) is 0.469. The quantitative estimate of drug-likeness (QED) is 0.537. The number of ether oxygens (including phenoxy) is 1. The summed E-state index contributed by atoms with van der Waals surface area (Å²) in [6.45, 7) is 6.18. The molecule has 0 unspecified atom stereocenters. The molecular formula is C13H22ClN3O. The summed E-state index contributed by atoms with van der Waals surface area (Å²) in [6, 6.07) is 1.79. The molecule has 1 aromatic heterocycles. The first-order valence-corrected chi connectivity index (χ1v) is 6.87. The lowest BCUT2D eigenvalue weighted by Gasteiger charge is -2.18. The molecular weight excluding hydrogens is 250 g/mol. The van der Waals surface area contributed by atoms with Crippen molar-refractivity contribution in [3.05, 3.63) is 17.0 Å². The molecule has 0 bridgehead atoms. The van der Waals surface area contributed by atoms with Crippen LogP contribution < -0.4 is 4.90 Å². The van der Waals surface area contributed by atoms with Crippen molar-refractivity contribution in [1.82, 2.24) is 9.97 Å². The van der Waals surface area contributed by atoms with Gasteiger partial charge in [-0.2, -0.15) is 0 Å². The monoisotopic (exact) mass is 271 g/mol. The van der Waals surface area contributed by atoms with Crippen LogP contribution in [0.15, 0.2) is 6.07 Å². The molecule has 0 fully saturated rings. The standard InChI is InChI=1S/C13H22ClN3O/c1-4-6-7-8-17(3)13-9-11(14)15-12(16-13)10-18-5-2/h9H,4-8,10H2,1-3H3. The minimum atomic E-state index is 0.410. The van der Waals surface area contributed by atoms with E-state index >= 15 is 0 Å². The van der Waals surface area contributed by atoms with Crippen molar-refractivity contribution >= 4 is 17.4 Å². The molecule has 0 saturated carbocycles. The van der Waals surface area contributed by atoms with Gasteiger partial charge < -0.3 is 9.64 Å². The first kappa shape index (κ1) is 15.2. The van der Waals surface area contributed by atoms with E-state index in [1.807, 2.05) is 14.0 Å². The molecule has 0 aliphatic rings. The molecule has 0 spiro atoms. The molecule has 102 valence electrons. The van der Waals surface area contributed by atoms with Crippen molar-refractivity contribution in [3.8, 4) is 0 Å². The van der Waals surface area contributed by atoms with Crippen LogP contribution in [0.4, 0.5) is 5.82 Å². The van der Waals surface area contributed by atoms with Gasteiger partial charge in [0.15, 0.2) is 5.82 Å². The molecule has 1 heterocycles. The van der Waals surface area contributed by atoms with Gasteiger partial charge in [-0.1, -0.05) is 31.4 Å². The van der Waals surface area contributed by atoms with Crippen LogP contribution in [0, 0.1) is 0 Å². The Morgan fingerprint density at radius 3 is 2.72 bits per heavy atom. The summed E-state index contributed by atoms with van der Waals surface area (Å²) in [5.41, 5.74) is 0. The van der Waals surface area contributed by atoms with Crippen molar-refractivity contribution in [1.29, 1.82) is 0 Å². The van der Waals surface area contributed by atoms with Gasteiger partial charge >= 0.3 is 0 Å². The molecule has 0 aliphatic carbocycles. The number of nitrogens with zero attached hydrogens (tertiary/aromatic N) is 3. The highest BCUT2D eigenvalue weighted by Crippen LogP contribution is 2.16. The van der Waals surface area contributed by atoms with Crippen LogP contribution in [0.1, 0.15) is 38.9 Å². The van der Waals surface area contributed by atoms with Crippen LogP contribution in [0.2, 0.25) is 5.15 Å². The van der Waals surface area contributed by atoms with Gasteiger partial charge in [-0.3, -0.25) is 0 Å². The maximum absolute atomic E-state index is 6.00. The van der Waals surface area contributed by atoms with Crippen molar-refractivity contribution in [2.75, 3.05) is 25.1 Å².